The van der Waals surface area contributed by atoms with Crippen LogP contribution in [0.3, 0.4) is 0 Å². The zero-order valence-electron chi connectivity index (χ0n) is 18.7. The Morgan fingerprint density at radius 1 is 0.971 bits per heavy atom. The highest BCUT2D eigenvalue weighted by Gasteiger charge is 2.46. The topological polar surface area (TPSA) is 105 Å². The third-order valence-corrected chi connectivity index (χ3v) is 6.54. The van der Waals surface area contributed by atoms with Gasteiger partial charge in [0, 0.05) is 11.6 Å². The van der Waals surface area contributed by atoms with Gasteiger partial charge in [-0.2, -0.15) is 0 Å². The van der Waals surface area contributed by atoms with Crippen molar-refractivity contribution in [1.29, 1.82) is 0 Å². The fourth-order valence-electron chi connectivity index (χ4n) is 4.63. The SMILES string of the molecule is O=C(CC1(NC(=O)OCC2c3ccccc3-c3ccccc32)CC1)Nc1ccc(F)c(C(=O)O)c1. The van der Waals surface area contributed by atoms with E-state index in [4.69, 9.17) is 9.84 Å². The first-order valence-corrected chi connectivity index (χ1v) is 11.3. The Morgan fingerprint density at radius 3 is 2.20 bits per heavy atom. The number of carboxylic acids is 1. The molecule has 8 heteroatoms. The van der Waals surface area contributed by atoms with Crippen LogP contribution in [-0.2, 0) is 9.53 Å². The molecule has 35 heavy (non-hydrogen) atoms. The van der Waals surface area contributed by atoms with Crippen molar-refractivity contribution in [1.82, 2.24) is 5.32 Å². The molecule has 178 valence electrons. The van der Waals surface area contributed by atoms with Crippen LogP contribution in [0.1, 0.15) is 46.7 Å². The van der Waals surface area contributed by atoms with Crippen LogP contribution in [0.2, 0.25) is 0 Å². The molecule has 0 unspecified atom stereocenters. The molecule has 1 saturated carbocycles. The van der Waals surface area contributed by atoms with E-state index < -0.39 is 34.9 Å². The van der Waals surface area contributed by atoms with Gasteiger partial charge in [0.2, 0.25) is 5.91 Å². The number of aromatic carboxylic acids is 1. The molecule has 7 nitrogen and oxygen atoms in total. The van der Waals surface area contributed by atoms with Gasteiger partial charge >= 0.3 is 12.1 Å². The number of hydrogen-bond donors (Lipinski definition) is 3. The molecule has 2 aliphatic rings. The van der Waals surface area contributed by atoms with Crippen molar-refractivity contribution in [3.05, 3.63) is 89.2 Å². The molecule has 3 aromatic rings. The van der Waals surface area contributed by atoms with Gasteiger partial charge in [-0.25, -0.2) is 14.0 Å². The second-order valence-corrected chi connectivity index (χ2v) is 8.96. The van der Waals surface area contributed by atoms with Gasteiger partial charge in [0.1, 0.15) is 12.4 Å². The van der Waals surface area contributed by atoms with Crippen LogP contribution in [0.4, 0.5) is 14.9 Å². The van der Waals surface area contributed by atoms with Crippen molar-refractivity contribution in [2.75, 3.05) is 11.9 Å². The number of benzene rings is 3. The predicted molar refractivity (Wildman–Crippen MR) is 127 cm³/mol. The van der Waals surface area contributed by atoms with E-state index in [2.05, 4.69) is 22.8 Å². The number of carbonyl (C=O) groups is 3. The van der Waals surface area contributed by atoms with Crippen LogP contribution >= 0.6 is 0 Å². The Bertz CT molecular complexity index is 1290. The van der Waals surface area contributed by atoms with Gasteiger partial charge in [0.25, 0.3) is 0 Å². The molecule has 0 heterocycles. The number of rotatable bonds is 7. The van der Waals surface area contributed by atoms with Crippen LogP contribution in [-0.4, -0.2) is 35.2 Å². The summed E-state index contributed by atoms with van der Waals surface area (Å²) in [5.74, 6) is -2.78. The van der Waals surface area contributed by atoms with E-state index in [-0.39, 0.29) is 24.6 Å². The van der Waals surface area contributed by atoms with E-state index in [0.717, 1.165) is 34.4 Å². The lowest BCUT2D eigenvalue weighted by molar-refractivity contribution is -0.116. The van der Waals surface area contributed by atoms with E-state index in [0.29, 0.717) is 12.8 Å². The van der Waals surface area contributed by atoms with Gasteiger partial charge in [-0.15, -0.1) is 0 Å². The average Bonchev–Trinajstić information content (AvgIpc) is 3.50. The van der Waals surface area contributed by atoms with E-state index in [1.54, 1.807) is 0 Å². The van der Waals surface area contributed by atoms with Gasteiger partial charge < -0.3 is 20.5 Å². The minimum absolute atomic E-state index is 0.00300. The second kappa shape index (κ2) is 8.87. The number of hydrogen-bond acceptors (Lipinski definition) is 4. The fourth-order valence-corrected chi connectivity index (χ4v) is 4.63. The standard InChI is InChI=1S/C27H23FN2O5/c28-23-10-9-16(13-21(23)25(32)33)29-24(31)14-27(11-12-27)30-26(34)35-15-22-19-7-3-1-5-17(19)18-6-2-4-8-20(18)22/h1-10,13,22H,11-12,14-15H2,(H,29,31)(H,30,34)(H,32,33). The molecule has 5 rings (SSSR count). The lowest BCUT2D eigenvalue weighted by Crippen LogP contribution is -2.40. The number of carbonyl (C=O) groups excluding carboxylic acids is 2. The van der Waals surface area contributed by atoms with Crippen molar-refractivity contribution in [3.8, 4) is 11.1 Å². The fraction of sp³-hybridized carbons (Fsp3) is 0.222. The van der Waals surface area contributed by atoms with Crippen LogP contribution in [0.25, 0.3) is 11.1 Å². The van der Waals surface area contributed by atoms with Gasteiger partial charge in [0.05, 0.1) is 17.5 Å². The second-order valence-electron chi connectivity index (χ2n) is 8.96. The summed E-state index contributed by atoms with van der Waals surface area (Å²) < 4.78 is 19.2. The lowest BCUT2D eigenvalue weighted by atomic mass is 9.98. The van der Waals surface area contributed by atoms with E-state index in [9.17, 15) is 18.8 Å². The van der Waals surface area contributed by atoms with Crippen LogP contribution in [0.15, 0.2) is 66.7 Å². The minimum atomic E-state index is -1.42. The van der Waals surface area contributed by atoms with E-state index in [1.807, 2.05) is 36.4 Å². The molecular formula is C27H23FN2O5. The van der Waals surface area contributed by atoms with Crippen LogP contribution < -0.4 is 10.6 Å². The zero-order valence-corrected chi connectivity index (χ0v) is 18.7. The monoisotopic (exact) mass is 474 g/mol. The predicted octanol–water partition coefficient (Wildman–Crippen LogP) is 4.92. The number of carboxylic acid groups (broad SMARTS) is 1. The Morgan fingerprint density at radius 2 is 1.60 bits per heavy atom. The molecule has 0 aromatic heterocycles. The van der Waals surface area contributed by atoms with Gasteiger partial charge in [-0.05, 0) is 53.3 Å². The summed E-state index contributed by atoms with van der Waals surface area (Å²) in [5.41, 5.74) is 3.44. The van der Waals surface area contributed by atoms with E-state index in [1.165, 1.54) is 6.07 Å². The summed E-state index contributed by atoms with van der Waals surface area (Å²) >= 11 is 0. The normalized spacial score (nSPS) is 15.0. The molecule has 3 aromatic carbocycles. The summed E-state index contributed by atoms with van der Waals surface area (Å²) in [6.45, 7) is 0.176. The molecule has 0 spiro atoms. The largest absolute Gasteiger partial charge is 0.478 e. The molecular weight excluding hydrogens is 451 g/mol. The molecule has 0 atom stereocenters. The average molecular weight is 474 g/mol. The lowest BCUT2D eigenvalue weighted by Gasteiger charge is -2.19. The van der Waals surface area contributed by atoms with Gasteiger partial charge in [-0.3, -0.25) is 4.79 Å². The van der Waals surface area contributed by atoms with Crippen molar-refractivity contribution in [2.45, 2.75) is 30.7 Å². The number of amides is 2. The molecule has 2 amide bonds. The summed E-state index contributed by atoms with van der Waals surface area (Å²) in [6.07, 6.45) is 0.645. The highest BCUT2D eigenvalue weighted by molar-refractivity contribution is 5.95. The van der Waals surface area contributed by atoms with Crippen molar-refractivity contribution >= 4 is 23.7 Å². The van der Waals surface area contributed by atoms with Gasteiger partial charge in [-0.1, -0.05) is 48.5 Å². The van der Waals surface area contributed by atoms with E-state index >= 15 is 0 Å². The first kappa shape index (κ1) is 22.6. The number of ether oxygens (including phenoxy) is 1. The Kier molecular flexibility index (Phi) is 5.72. The molecule has 1 fully saturated rings. The number of anilines is 1. The Balaban J connectivity index is 1.18. The summed E-state index contributed by atoms with van der Waals surface area (Å²) in [4.78, 5) is 36.2. The molecule has 3 N–H and O–H groups in total. The minimum Gasteiger partial charge on any atom is -0.478 e. The Hall–Kier alpha value is -4.20. The third kappa shape index (κ3) is 4.59. The first-order chi connectivity index (χ1) is 16.8. The smallest absolute Gasteiger partial charge is 0.407 e. The van der Waals surface area contributed by atoms with Gasteiger partial charge in [0.15, 0.2) is 0 Å². The highest BCUT2D eigenvalue weighted by Crippen LogP contribution is 2.44. The number of fused-ring (bicyclic) bond motifs is 3. The molecule has 0 radical (unpaired) electrons. The molecule has 2 aliphatic carbocycles. The first-order valence-electron chi connectivity index (χ1n) is 11.3. The third-order valence-electron chi connectivity index (χ3n) is 6.54. The Labute approximate surface area is 200 Å². The number of nitrogens with one attached hydrogen (secondary N) is 2. The van der Waals surface area contributed by atoms with Crippen LogP contribution in [0, 0.1) is 5.82 Å². The summed E-state index contributed by atoms with van der Waals surface area (Å²) in [7, 11) is 0. The number of halogens is 1. The quantitative estimate of drug-likeness (QED) is 0.451. The maximum Gasteiger partial charge on any atom is 0.407 e. The molecule has 0 bridgehead atoms. The van der Waals surface area contributed by atoms with Crippen molar-refractivity contribution < 1.29 is 28.6 Å². The number of alkyl carbamates (subject to hydrolysis) is 1. The highest BCUT2D eigenvalue weighted by atomic mass is 19.1. The zero-order chi connectivity index (χ0) is 24.6. The maximum atomic E-state index is 13.6. The molecule has 0 aliphatic heterocycles. The van der Waals surface area contributed by atoms with Crippen LogP contribution in [0.5, 0.6) is 0 Å². The maximum absolute atomic E-state index is 13.6. The molecule has 0 saturated heterocycles. The van der Waals surface area contributed by atoms with Crippen molar-refractivity contribution in [2.24, 2.45) is 0 Å². The van der Waals surface area contributed by atoms with Crippen molar-refractivity contribution in [3.63, 3.8) is 0 Å². The summed E-state index contributed by atoms with van der Waals surface area (Å²) in [6, 6.07) is 19.5. The summed E-state index contributed by atoms with van der Waals surface area (Å²) in [5, 5.41) is 14.4.